The van der Waals surface area contributed by atoms with Crippen molar-refractivity contribution >= 4 is 11.8 Å². The predicted octanol–water partition coefficient (Wildman–Crippen LogP) is 3.32. The summed E-state index contributed by atoms with van der Waals surface area (Å²) in [4.78, 5) is 1.37. The molecule has 1 nitrogen and oxygen atoms in total. The SMILES string of the molecule is CSc1ccc(C)c(C2(C)CCCN2)c1. The van der Waals surface area contributed by atoms with E-state index in [1.54, 1.807) is 0 Å². The number of nitrogens with one attached hydrogen (secondary N) is 1. The zero-order valence-electron chi connectivity index (χ0n) is 9.76. The molecular formula is C13H19NS. The third-order valence-corrected chi connectivity index (χ3v) is 4.13. The van der Waals surface area contributed by atoms with Crippen LogP contribution in [-0.2, 0) is 5.54 Å². The molecule has 1 atom stereocenters. The fourth-order valence-corrected chi connectivity index (χ4v) is 2.89. The monoisotopic (exact) mass is 221 g/mol. The standard InChI is InChI=1S/C13H19NS/c1-10-5-6-11(15-3)9-12(10)13(2)7-4-8-14-13/h5-6,9,14H,4,7-8H2,1-3H3. The van der Waals surface area contributed by atoms with E-state index in [0.29, 0.717) is 0 Å². The van der Waals surface area contributed by atoms with Crippen molar-refractivity contribution in [1.29, 1.82) is 0 Å². The lowest BCUT2D eigenvalue weighted by molar-refractivity contribution is 0.431. The average Bonchev–Trinajstić information content (AvgIpc) is 2.67. The van der Waals surface area contributed by atoms with Gasteiger partial charge in [-0.15, -0.1) is 11.8 Å². The van der Waals surface area contributed by atoms with E-state index in [2.05, 4.69) is 43.6 Å². The Balaban J connectivity index is 2.41. The first-order chi connectivity index (χ1) is 7.15. The molecule has 1 saturated heterocycles. The quantitative estimate of drug-likeness (QED) is 0.769. The van der Waals surface area contributed by atoms with Gasteiger partial charge in [0.15, 0.2) is 0 Å². The Kier molecular flexibility index (Phi) is 3.08. The lowest BCUT2D eigenvalue weighted by Crippen LogP contribution is -2.33. The molecule has 0 bridgehead atoms. The molecule has 1 N–H and O–H groups in total. The van der Waals surface area contributed by atoms with Gasteiger partial charge in [0.2, 0.25) is 0 Å². The van der Waals surface area contributed by atoms with Gasteiger partial charge in [0, 0.05) is 10.4 Å². The molecule has 0 amide bonds. The van der Waals surface area contributed by atoms with Crippen molar-refractivity contribution in [3.63, 3.8) is 0 Å². The molecule has 0 aliphatic carbocycles. The summed E-state index contributed by atoms with van der Waals surface area (Å²) in [5.41, 5.74) is 3.09. The summed E-state index contributed by atoms with van der Waals surface area (Å²) in [5.74, 6) is 0. The van der Waals surface area contributed by atoms with Crippen LogP contribution in [0.3, 0.4) is 0 Å². The average molecular weight is 221 g/mol. The van der Waals surface area contributed by atoms with Gasteiger partial charge < -0.3 is 5.32 Å². The van der Waals surface area contributed by atoms with Gasteiger partial charge in [0.1, 0.15) is 0 Å². The minimum atomic E-state index is 0.204. The van der Waals surface area contributed by atoms with Crippen molar-refractivity contribution < 1.29 is 0 Å². The first-order valence-corrected chi connectivity index (χ1v) is 6.78. The third-order valence-electron chi connectivity index (χ3n) is 3.41. The van der Waals surface area contributed by atoms with Crippen molar-refractivity contribution in [2.75, 3.05) is 12.8 Å². The van der Waals surface area contributed by atoms with Gasteiger partial charge in [-0.1, -0.05) is 6.07 Å². The number of thioether (sulfide) groups is 1. The minimum absolute atomic E-state index is 0.204. The Bertz CT molecular complexity index is 354. The summed E-state index contributed by atoms with van der Waals surface area (Å²) in [6.07, 6.45) is 4.68. The van der Waals surface area contributed by atoms with E-state index < -0.39 is 0 Å². The number of hydrogen-bond acceptors (Lipinski definition) is 2. The van der Waals surface area contributed by atoms with Crippen LogP contribution in [-0.4, -0.2) is 12.8 Å². The lowest BCUT2D eigenvalue weighted by Gasteiger charge is -2.27. The molecule has 1 aromatic carbocycles. The summed E-state index contributed by atoms with van der Waals surface area (Å²) in [7, 11) is 0. The Labute approximate surface area is 96.7 Å². The number of hydrogen-bond donors (Lipinski definition) is 1. The van der Waals surface area contributed by atoms with Crippen LogP contribution in [0.2, 0.25) is 0 Å². The highest BCUT2D eigenvalue weighted by Gasteiger charge is 2.31. The summed E-state index contributed by atoms with van der Waals surface area (Å²) in [6.45, 7) is 5.69. The van der Waals surface area contributed by atoms with Gasteiger partial charge in [0.05, 0.1) is 0 Å². The first kappa shape index (κ1) is 11.0. The van der Waals surface area contributed by atoms with Crippen LogP contribution in [0.4, 0.5) is 0 Å². The highest BCUT2D eigenvalue weighted by Crippen LogP contribution is 2.34. The lowest BCUT2D eigenvalue weighted by atomic mass is 9.87. The largest absolute Gasteiger partial charge is 0.308 e. The van der Waals surface area contributed by atoms with E-state index in [0.717, 1.165) is 6.54 Å². The van der Waals surface area contributed by atoms with Gasteiger partial charge in [0.25, 0.3) is 0 Å². The van der Waals surface area contributed by atoms with Crippen molar-refractivity contribution in [2.24, 2.45) is 0 Å². The van der Waals surface area contributed by atoms with Gasteiger partial charge in [-0.2, -0.15) is 0 Å². The van der Waals surface area contributed by atoms with Crippen LogP contribution in [0.15, 0.2) is 23.1 Å². The molecule has 1 fully saturated rings. The molecule has 1 aliphatic heterocycles. The zero-order valence-corrected chi connectivity index (χ0v) is 10.6. The summed E-state index contributed by atoms with van der Waals surface area (Å²) in [6, 6.07) is 6.80. The molecule has 1 heterocycles. The molecule has 0 radical (unpaired) electrons. The van der Waals surface area contributed by atoms with Crippen molar-refractivity contribution in [3.8, 4) is 0 Å². The Morgan fingerprint density at radius 1 is 1.40 bits per heavy atom. The fourth-order valence-electron chi connectivity index (χ4n) is 2.45. The van der Waals surface area contributed by atoms with Crippen LogP contribution in [0.25, 0.3) is 0 Å². The second-order valence-corrected chi connectivity index (χ2v) is 5.42. The smallest absolute Gasteiger partial charge is 0.0409 e. The van der Waals surface area contributed by atoms with Crippen molar-refractivity contribution in [3.05, 3.63) is 29.3 Å². The normalized spacial score (nSPS) is 25.8. The molecule has 2 heteroatoms. The van der Waals surface area contributed by atoms with Gasteiger partial charge in [-0.3, -0.25) is 0 Å². The molecule has 1 aromatic rings. The molecule has 0 spiro atoms. The van der Waals surface area contributed by atoms with Crippen LogP contribution >= 0.6 is 11.8 Å². The maximum Gasteiger partial charge on any atom is 0.0409 e. The summed E-state index contributed by atoms with van der Waals surface area (Å²) >= 11 is 1.82. The predicted molar refractivity (Wildman–Crippen MR) is 67.5 cm³/mol. The van der Waals surface area contributed by atoms with E-state index in [1.165, 1.54) is 28.9 Å². The van der Waals surface area contributed by atoms with Crippen molar-refractivity contribution in [1.82, 2.24) is 5.32 Å². The second-order valence-electron chi connectivity index (χ2n) is 4.54. The van der Waals surface area contributed by atoms with Crippen LogP contribution in [0, 0.1) is 6.92 Å². The fraction of sp³-hybridized carbons (Fsp3) is 0.538. The molecule has 15 heavy (non-hydrogen) atoms. The molecular weight excluding hydrogens is 202 g/mol. The minimum Gasteiger partial charge on any atom is -0.308 e. The van der Waals surface area contributed by atoms with Gasteiger partial charge in [-0.25, -0.2) is 0 Å². The van der Waals surface area contributed by atoms with E-state index in [9.17, 15) is 0 Å². The molecule has 0 saturated carbocycles. The summed E-state index contributed by atoms with van der Waals surface area (Å²) in [5, 5.41) is 3.63. The third kappa shape index (κ3) is 2.06. The Morgan fingerprint density at radius 2 is 2.20 bits per heavy atom. The highest BCUT2D eigenvalue weighted by atomic mass is 32.2. The Hall–Kier alpha value is -0.470. The van der Waals surface area contributed by atoms with Crippen LogP contribution in [0.5, 0.6) is 0 Å². The Morgan fingerprint density at radius 3 is 2.80 bits per heavy atom. The molecule has 2 rings (SSSR count). The molecule has 0 aromatic heterocycles. The zero-order chi connectivity index (χ0) is 10.9. The van der Waals surface area contributed by atoms with Crippen LogP contribution < -0.4 is 5.32 Å². The maximum atomic E-state index is 3.63. The highest BCUT2D eigenvalue weighted by molar-refractivity contribution is 7.98. The summed E-state index contributed by atoms with van der Waals surface area (Å²) < 4.78 is 0. The second kappa shape index (κ2) is 4.18. The first-order valence-electron chi connectivity index (χ1n) is 5.56. The molecule has 82 valence electrons. The van der Waals surface area contributed by atoms with E-state index in [1.807, 2.05) is 11.8 Å². The number of aryl methyl sites for hydroxylation is 1. The van der Waals surface area contributed by atoms with Gasteiger partial charge in [-0.05, 0) is 62.7 Å². The van der Waals surface area contributed by atoms with Crippen LogP contribution in [0.1, 0.15) is 30.9 Å². The van der Waals surface area contributed by atoms with Crippen molar-refractivity contribution in [2.45, 2.75) is 37.1 Å². The maximum absolute atomic E-state index is 3.63. The topological polar surface area (TPSA) is 12.0 Å². The number of rotatable bonds is 2. The van der Waals surface area contributed by atoms with E-state index in [-0.39, 0.29) is 5.54 Å². The molecule has 1 unspecified atom stereocenters. The molecule has 1 aliphatic rings. The number of benzene rings is 1. The van der Waals surface area contributed by atoms with E-state index >= 15 is 0 Å². The van der Waals surface area contributed by atoms with Gasteiger partial charge >= 0.3 is 0 Å². The van der Waals surface area contributed by atoms with E-state index in [4.69, 9.17) is 0 Å².